The zero-order valence-electron chi connectivity index (χ0n) is 13.3. The fraction of sp³-hybridized carbons (Fsp3) is 0.158. The third-order valence-corrected chi connectivity index (χ3v) is 4.87. The molecule has 126 valence electrons. The van der Waals surface area contributed by atoms with Crippen molar-refractivity contribution in [3.05, 3.63) is 70.4 Å². The third kappa shape index (κ3) is 4.36. The standard InChI is InChI=1S/C19H15ClN2O2S/c20-16-5-6-17-15(9-16)10-18(24-17)19(23)22-7-8-25-12-14-4-2-1-3-13(14)11-21/h1-6,9-10H,7-8,12H2,(H,22,23). The number of hydrogen-bond donors (Lipinski definition) is 1. The average molecular weight is 371 g/mol. The molecule has 1 N–H and O–H groups in total. The highest BCUT2D eigenvalue weighted by molar-refractivity contribution is 7.98. The van der Waals surface area contributed by atoms with Crippen LogP contribution in [-0.4, -0.2) is 18.2 Å². The normalized spacial score (nSPS) is 10.6. The summed E-state index contributed by atoms with van der Waals surface area (Å²) in [6.45, 7) is 0.524. The lowest BCUT2D eigenvalue weighted by atomic mass is 10.1. The van der Waals surface area contributed by atoms with Gasteiger partial charge in [0.15, 0.2) is 5.76 Å². The summed E-state index contributed by atoms with van der Waals surface area (Å²) in [5.74, 6) is 1.52. The van der Waals surface area contributed by atoms with Crippen molar-refractivity contribution < 1.29 is 9.21 Å². The largest absolute Gasteiger partial charge is 0.451 e. The maximum absolute atomic E-state index is 12.1. The van der Waals surface area contributed by atoms with Crippen LogP contribution in [0, 0.1) is 11.3 Å². The molecular formula is C19H15ClN2O2S. The maximum Gasteiger partial charge on any atom is 0.287 e. The molecule has 4 nitrogen and oxygen atoms in total. The molecular weight excluding hydrogens is 356 g/mol. The lowest BCUT2D eigenvalue weighted by Gasteiger charge is -2.05. The molecule has 0 radical (unpaired) electrons. The summed E-state index contributed by atoms with van der Waals surface area (Å²) in [5, 5.41) is 13.3. The number of carbonyl (C=O) groups excluding carboxylic acids is 1. The summed E-state index contributed by atoms with van der Waals surface area (Å²) in [6.07, 6.45) is 0. The van der Waals surface area contributed by atoms with E-state index >= 15 is 0 Å². The topological polar surface area (TPSA) is 66.0 Å². The zero-order valence-corrected chi connectivity index (χ0v) is 14.9. The van der Waals surface area contributed by atoms with E-state index in [-0.39, 0.29) is 11.7 Å². The van der Waals surface area contributed by atoms with E-state index < -0.39 is 0 Å². The van der Waals surface area contributed by atoms with Crippen molar-refractivity contribution in [3.8, 4) is 6.07 Å². The minimum atomic E-state index is -0.245. The van der Waals surface area contributed by atoms with E-state index in [1.807, 2.05) is 24.3 Å². The van der Waals surface area contributed by atoms with Crippen LogP contribution in [0.4, 0.5) is 0 Å². The second-order valence-corrected chi connectivity index (χ2v) is 6.91. The molecule has 25 heavy (non-hydrogen) atoms. The lowest BCUT2D eigenvalue weighted by Crippen LogP contribution is -2.25. The Morgan fingerprint density at radius 3 is 2.92 bits per heavy atom. The van der Waals surface area contributed by atoms with Crippen molar-refractivity contribution in [2.45, 2.75) is 5.75 Å². The molecule has 0 saturated heterocycles. The van der Waals surface area contributed by atoms with Crippen LogP contribution in [0.3, 0.4) is 0 Å². The molecule has 1 heterocycles. The van der Waals surface area contributed by atoms with Gasteiger partial charge in [-0.15, -0.1) is 0 Å². The Morgan fingerprint density at radius 1 is 1.24 bits per heavy atom. The molecule has 6 heteroatoms. The first-order valence-electron chi connectivity index (χ1n) is 7.70. The first-order valence-corrected chi connectivity index (χ1v) is 9.23. The smallest absolute Gasteiger partial charge is 0.287 e. The summed E-state index contributed by atoms with van der Waals surface area (Å²) >= 11 is 7.60. The van der Waals surface area contributed by atoms with E-state index in [0.717, 1.165) is 22.5 Å². The monoisotopic (exact) mass is 370 g/mol. The first kappa shape index (κ1) is 17.4. The molecule has 1 aromatic heterocycles. The second kappa shape index (κ2) is 8.11. The van der Waals surface area contributed by atoms with Gasteiger partial charge < -0.3 is 9.73 Å². The van der Waals surface area contributed by atoms with Crippen LogP contribution in [0.5, 0.6) is 0 Å². The van der Waals surface area contributed by atoms with Crippen LogP contribution in [0.15, 0.2) is 52.9 Å². The molecule has 0 bridgehead atoms. The molecule has 0 spiro atoms. The lowest BCUT2D eigenvalue weighted by molar-refractivity contribution is 0.0930. The number of nitrogens with one attached hydrogen (secondary N) is 1. The van der Waals surface area contributed by atoms with E-state index in [1.54, 1.807) is 36.0 Å². The Balaban J connectivity index is 1.48. The fourth-order valence-electron chi connectivity index (χ4n) is 2.39. The summed E-state index contributed by atoms with van der Waals surface area (Å²) in [6, 6.07) is 16.6. The van der Waals surface area contributed by atoms with Gasteiger partial charge in [-0.05, 0) is 35.9 Å². The second-order valence-electron chi connectivity index (χ2n) is 5.37. The third-order valence-electron chi connectivity index (χ3n) is 3.63. The van der Waals surface area contributed by atoms with Gasteiger partial charge in [0.25, 0.3) is 5.91 Å². The number of nitriles is 1. The van der Waals surface area contributed by atoms with Gasteiger partial charge in [0.05, 0.1) is 11.6 Å². The fourth-order valence-corrected chi connectivity index (χ4v) is 3.43. The number of amides is 1. The van der Waals surface area contributed by atoms with Crippen LogP contribution < -0.4 is 5.32 Å². The summed E-state index contributed by atoms with van der Waals surface area (Å²) in [5.41, 5.74) is 2.34. The number of halogens is 1. The van der Waals surface area contributed by atoms with Gasteiger partial charge in [0.1, 0.15) is 5.58 Å². The van der Waals surface area contributed by atoms with E-state index in [2.05, 4.69) is 11.4 Å². The molecule has 0 unspecified atom stereocenters. The zero-order chi connectivity index (χ0) is 17.6. The first-order chi connectivity index (χ1) is 12.2. The predicted octanol–water partition coefficient (Wildman–Crippen LogP) is 4.62. The van der Waals surface area contributed by atoms with E-state index in [4.69, 9.17) is 21.3 Å². The van der Waals surface area contributed by atoms with Gasteiger partial charge in [-0.25, -0.2) is 0 Å². The van der Waals surface area contributed by atoms with Gasteiger partial charge in [0.2, 0.25) is 0 Å². The number of fused-ring (bicyclic) bond motifs is 1. The number of rotatable bonds is 6. The Bertz CT molecular complexity index is 946. The Labute approximate surface area is 154 Å². The van der Waals surface area contributed by atoms with E-state index in [9.17, 15) is 4.79 Å². The predicted molar refractivity (Wildman–Crippen MR) is 101 cm³/mol. The van der Waals surface area contributed by atoms with E-state index in [0.29, 0.717) is 22.7 Å². The van der Waals surface area contributed by atoms with Crippen molar-refractivity contribution in [3.63, 3.8) is 0 Å². The van der Waals surface area contributed by atoms with Gasteiger partial charge in [0, 0.05) is 28.5 Å². The summed E-state index contributed by atoms with van der Waals surface area (Å²) in [4.78, 5) is 12.1. The van der Waals surface area contributed by atoms with Crippen molar-refractivity contribution in [1.82, 2.24) is 5.32 Å². The number of nitrogens with zero attached hydrogens (tertiary/aromatic N) is 1. The number of hydrogen-bond acceptors (Lipinski definition) is 4. The van der Waals surface area contributed by atoms with Crippen LogP contribution in [0.25, 0.3) is 11.0 Å². The number of carbonyl (C=O) groups is 1. The van der Waals surface area contributed by atoms with Gasteiger partial charge in [-0.1, -0.05) is 29.8 Å². The van der Waals surface area contributed by atoms with Gasteiger partial charge in [-0.2, -0.15) is 17.0 Å². The number of benzene rings is 2. The SMILES string of the molecule is N#Cc1ccccc1CSCCNC(=O)c1cc2cc(Cl)ccc2o1. The van der Waals surface area contributed by atoms with Crippen molar-refractivity contribution in [2.24, 2.45) is 0 Å². The molecule has 1 amide bonds. The Hall–Kier alpha value is -2.42. The molecule has 3 rings (SSSR count). The number of furan rings is 1. The van der Waals surface area contributed by atoms with Crippen LogP contribution in [0.1, 0.15) is 21.7 Å². The molecule has 2 aromatic carbocycles. The van der Waals surface area contributed by atoms with Crippen LogP contribution in [0.2, 0.25) is 5.02 Å². The maximum atomic E-state index is 12.1. The molecule has 0 fully saturated rings. The quantitative estimate of drug-likeness (QED) is 0.643. The van der Waals surface area contributed by atoms with Crippen LogP contribution in [-0.2, 0) is 5.75 Å². The van der Waals surface area contributed by atoms with Crippen molar-refractivity contribution >= 4 is 40.2 Å². The highest BCUT2D eigenvalue weighted by atomic mass is 35.5. The molecule has 0 aliphatic rings. The van der Waals surface area contributed by atoms with Crippen LogP contribution >= 0.6 is 23.4 Å². The van der Waals surface area contributed by atoms with Crippen molar-refractivity contribution in [2.75, 3.05) is 12.3 Å². The number of thioether (sulfide) groups is 1. The summed E-state index contributed by atoms with van der Waals surface area (Å²) < 4.78 is 5.53. The molecule has 0 saturated carbocycles. The Morgan fingerprint density at radius 2 is 2.08 bits per heavy atom. The van der Waals surface area contributed by atoms with Gasteiger partial charge >= 0.3 is 0 Å². The Kier molecular flexibility index (Phi) is 5.64. The minimum Gasteiger partial charge on any atom is -0.451 e. The summed E-state index contributed by atoms with van der Waals surface area (Å²) in [7, 11) is 0. The average Bonchev–Trinajstić information content (AvgIpc) is 3.05. The minimum absolute atomic E-state index is 0.245. The molecule has 0 aliphatic heterocycles. The highest BCUT2D eigenvalue weighted by Gasteiger charge is 2.12. The van der Waals surface area contributed by atoms with E-state index in [1.165, 1.54) is 0 Å². The van der Waals surface area contributed by atoms with Gasteiger partial charge in [-0.3, -0.25) is 4.79 Å². The molecule has 3 aromatic rings. The van der Waals surface area contributed by atoms with Crippen molar-refractivity contribution in [1.29, 1.82) is 5.26 Å². The molecule has 0 atom stereocenters. The highest BCUT2D eigenvalue weighted by Crippen LogP contribution is 2.23. The molecule has 0 aliphatic carbocycles.